The first-order valence-electron chi connectivity index (χ1n) is 4.82. The predicted octanol–water partition coefficient (Wildman–Crippen LogP) is 1.53. The molecule has 0 aliphatic heterocycles. The second-order valence-corrected chi connectivity index (χ2v) is 3.30. The first-order chi connectivity index (χ1) is 8.30. The number of alkyl halides is 3. The maximum absolute atomic E-state index is 12.2. The van der Waals surface area contributed by atoms with Crippen molar-refractivity contribution in [3.63, 3.8) is 0 Å². The molecule has 0 spiro atoms. The molecule has 5 nitrogen and oxygen atoms in total. The molecule has 0 amide bonds. The van der Waals surface area contributed by atoms with Crippen LogP contribution in [0.4, 0.5) is 13.2 Å². The Hall–Kier alpha value is -1.83. The monoisotopic (exact) mass is 264 g/mol. The van der Waals surface area contributed by atoms with Gasteiger partial charge in [-0.25, -0.2) is 4.79 Å². The lowest BCUT2D eigenvalue weighted by Crippen LogP contribution is -2.21. The standard InChI is InChI=1S/C10H11F3N2O3/c1-5-6(3-14)8(9(16)17-2)7(4-15-5)18-10(11,12)13/h4H,3,14H2,1-2H3. The van der Waals surface area contributed by atoms with Gasteiger partial charge < -0.3 is 15.2 Å². The molecule has 100 valence electrons. The average molecular weight is 264 g/mol. The molecule has 0 bridgehead atoms. The molecule has 0 unspecified atom stereocenters. The number of carbonyl (C=O) groups excluding carboxylic acids is 1. The van der Waals surface area contributed by atoms with E-state index in [0.717, 1.165) is 13.3 Å². The maximum Gasteiger partial charge on any atom is 0.573 e. The number of rotatable bonds is 3. The predicted molar refractivity (Wildman–Crippen MR) is 54.9 cm³/mol. The number of halogens is 3. The maximum atomic E-state index is 12.2. The Morgan fingerprint density at radius 1 is 1.50 bits per heavy atom. The Morgan fingerprint density at radius 3 is 2.56 bits per heavy atom. The third kappa shape index (κ3) is 3.10. The van der Waals surface area contributed by atoms with Gasteiger partial charge in [0.15, 0.2) is 5.75 Å². The summed E-state index contributed by atoms with van der Waals surface area (Å²) in [7, 11) is 1.05. The zero-order valence-electron chi connectivity index (χ0n) is 9.67. The first-order valence-corrected chi connectivity index (χ1v) is 4.82. The molecule has 1 rings (SSSR count). The average Bonchev–Trinajstić information content (AvgIpc) is 2.28. The second-order valence-electron chi connectivity index (χ2n) is 3.30. The van der Waals surface area contributed by atoms with Gasteiger partial charge in [-0.15, -0.1) is 13.2 Å². The number of ether oxygens (including phenoxy) is 2. The number of carbonyl (C=O) groups is 1. The zero-order chi connectivity index (χ0) is 13.9. The van der Waals surface area contributed by atoms with Gasteiger partial charge in [0, 0.05) is 17.8 Å². The minimum Gasteiger partial charge on any atom is -0.465 e. The molecule has 1 aromatic rings. The number of methoxy groups -OCH3 is 1. The smallest absolute Gasteiger partial charge is 0.465 e. The highest BCUT2D eigenvalue weighted by Gasteiger charge is 2.34. The number of nitrogens with zero attached hydrogens (tertiary/aromatic N) is 1. The number of aromatic nitrogens is 1. The van der Waals surface area contributed by atoms with Crippen molar-refractivity contribution < 1.29 is 27.4 Å². The Bertz CT molecular complexity index is 460. The number of aryl methyl sites for hydroxylation is 1. The van der Waals surface area contributed by atoms with Crippen LogP contribution < -0.4 is 10.5 Å². The third-order valence-corrected chi connectivity index (χ3v) is 2.18. The van der Waals surface area contributed by atoms with Crippen molar-refractivity contribution in [1.82, 2.24) is 4.98 Å². The van der Waals surface area contributed by atoms with Gasteiger partial charge in [-0.1, -0.05) is 0 Å². The molecule has 0 fully saturated rings. The molecule has 18 heavy (non-hydrogen) atoms. The Morgan fingerprint density at radius 2 is 2.11 bits per heavy atom. The van der Waals surface area contributed by atoms with Crippen molar-refractivity contribution in [1.29, 1.82) is 0 Å². The highest BCUT2D eigenvalue weighted by molar-refractivity contribution is 5.94. The molecule has 0 atom stereocenters. The van der Waals surface area contributed by atoms with E-state index in [2.05, 4.69) is 14.5 Å². The summed E-state index contributed by atoms with van der Waals surface area (Å²) >= 11 is 0. The van der Waals surface area contributed by atoms with Gasteiger partial charge >= 0.3 is 12.3 Å². The number of pyridine rings is 1. The molecule has 0 radical (unpaired) electrons. The van der Waals surface area contributed by atoms with Gasteiger partial charge in [-0.05, 0) is 6.92 Å². The third-order valence-electron chi connectivity index (χ3n) is 2.18. The van der Waals surface area contributed by atoms with Crippen LogP contribution in [-0.2, 0) is 11.3 Å². The van der Waals surface area contributed by atoms with E-state index in [1.165, 1.54) is 6.92 Å². The van der Waals surface area contributed by atoms with Crippen molar-refractivity contribution in [3.05, 3.63) is 23.0 Å². The fourth-order valence-electron chi connectivity index (χ4n) is 1.41. The summed E-state index contributed by atoms with van der Waals surface area (Å²) in [6, 6.07) is 0. The fraction of sp³-hybridized carbons (Fsp3) is 0.400. The van der Waals surface area contributed by atoms with E-state index in [-0.39, 0.29) is 17.7 Å². The largest absolute Gasteiger partial charge is 0.573 e. The lowest BCUT2D eigenvalue weighted by atomic mass is 10.1. The molecular formula is C10H11F3N2O3. The molecule has 0 aromatic carbocycles. The molecule has 1 aromatic heterocycles. The van der Waals surface area contributed by atoms with Crippen LogP contribution >= 0.6 is 0 Å². The van der Waals surface area contributed by atoms with Gasteiger partial charge in [0.1, 0.15) is 5.56 Å². The first kappa shape index (κ1) is 14.2. The van der Waals surface area contributed by atoms with Crippen LogP contribution in [0.5, 0.6) is 5.75 Å². The fourth-order valence-corrected chi connectivity index (χ4v) is 1.41. The molecule has 0 saturated heterocycles. The number of hydrogen-bond donors (Lipinski definition) is 1. The lowest BCUT2D eigenvalue weighted by Gasteiger charge is -2.15. The van der Waals surface area contributed by atoms with E-state index in [1.54, 1.807) is 0 Å². The normalized spacial score (nSPS) is 11.2. The van der Waals surface area contributed by atoms with E-state index < -0.39 is 18.1 Å². The SMILES string of the molecule is COC(=O)c1c(OC(F)(F)F)cnc(C)c1CN. The molecule has 0 saturated carbocycles. The van der Waals surface area contributed by atoms with Crippen LogP contribution in [0.3, 0.4) is 0 Å². The summed E-state index contributed by atoms with van der Waals surface area (Å²) in [6.07, 6.45) is -4.11. The van der Waals surface area contributed by atoms with Crippen molar-refractivity contribution >= 4 is 5.97 Å². The number of nitrogens with two attached hydrogens (primary N) is 1. The van der Waals surface area contributed by atoms with Crippen molar-refractivity contribution in [2.24, 2.45) is 5.73 Å². The van der Waals surface area contributed by atoms with Crippen LogP contribution in [-0.4, -0.2) is 24.4 Å². The summed E-state index contributed by atoms with van der Waals surface area (Å²) in [5, 5.41) is 0. The highest BCUT2D eigenvalue weighted by Crippen LogP contribution is 2.29. The second kappa shape index (κ2) is 5.21. The molecule has 2 N–H and O–H groups in total. The Labute approximate surface area is 101 Å². The van der Waals surface area contributed by atoms with Gasteiger partial charge in [0.25, 0.3) is 0 Å². The topological polar surface area (TPSA) is 74.4 Å². The lowest BCUT2D eigenvalue weighted by molar-refractivity contribution is -0.274. The van der Waals surface area contributed by atoms with Gasteiger partial charge in [0.05, 0.1) is 13.3 Å². The van der Waals surface area contributed by atoms with Crippen LogP contribution in [0.2, 0.25) is 0 Å². The van der Waals surface area contributed by atoms with Crippen LogP contribution in [0.25, 0.3) is 0 Å². The summed E-state index contributed by atoms with van der Waals surface area (Å²) in [6.45, 7) is 1.37. The van der Waals surface area contributed by atoms with Crippen LogP contribution in [0, 0.1) is 6.92 Å². The molecule has 0 aliphatic rings. The van der Waals surface area contributed by atoms with E-state index in [0.29, 0.717) is 5.69 Å². The van der Waals surface area contributed by atoms with Crippen molar-refractivity contribution in [3.8, 4) is 5.75 Å². The van der Waals surface area contributed by atoms with Crippen LogP contribution in [0.1, 0.15) is 21.6 Å². The van der Waals surface area contributed by atoms with Gasteiger partial charge in [-0.3, -0.25) is 4.98 Å². The van der Waals surface area contributed by atoms with E-state index >= 15 is 0 Å². The summed E-state index contributed by atoms with van der Waals surface area (Å²) in [4.78, 5) is 15.2. The number of hydrogen-bond acceptors (Lipinski definition) is 5. The zero-order valence-corrected chi connectivity index (χ0v) is 9.67. The minimum atomic E-state index is -4.93. The minimum absolute atomic E-state index is 0.154. The number of esters is 1. The van der Waals surface area contributed by atoms with Gasteiger partial charge in [-0.2, -0.15) is 0 Å². The molecule has 1 heterocycles. The Balaban J connectivity index is 3.38. The summed E-state index contributed by atoms with van der Waals surface area (Å²) < 4.78 is 44.7. The molecular weight excluding hydrogens is 253 g/mol. The highest BCUT2D eigenvalue weighted by atomic mass is 19.4. The Kier molecular flexibility index (Phi) is 4.12. The van der Waals surface area contributed by atoms with Crippen molar-refractivity contribution in [2.75, 3.05) is 7.11 Å². The van der Waals surface area contributed by atoms with Crippen molar-refractivity contribution in [2.45, 2.75) is 19.8 Å². The quantitative estimate of drug-likeness (QED) is 0.838. The summed E-state index contributed by atoms with van der Waals surface area (Å²) in [5.74, 6) is -1.68. The molecule has 0 aliphatic carbocycles. The van der Waals surface area contributed by atoms with E-state index in [9.17, 15) is 18.0 Å². The van der Waals surface area contributed by atoms with Crippen LogP contribution in [0.15, 0.2) is 6.20 Å². The van der Waals surface area contributed by atoms with Gasteiger partial charge in [0.2, 0.25) is 0 Å². The summed E-state index contributed by atoms with van der Waals surface area (Å²) in [5.41, 5.74) is 5.53. The van der Waals surface area contributed by atoms with E-state index in [4.69, 9.17) is 5.73 Å². The van der Waals surface area contributed by atoms with E-state index in [1.807, 2.05) is 0 Å². The molecule has 8 heteroatoms.